The third-order valence-corrected chi connectivity index (χ3v) is 5.88. The normalized spacial score (nSPS) is 21.4. The molecule has 1 aliphatic heterocycles. The van der Waals surface area contributed by atoms with Crippen LogP contribution in [0.4, 0.5) is 0 Å². The molecule has 1 aliphatic carbocycles. The molecule has 6 heteroatoms. The predicted octanol–water partition coefficient (Wildman–Crippen LogP) is 2.57. The van der Waals surface area contributed by atoms with Crippen LogP contribution in [0.3, 0.4) is 0 Å². The first-order valence-corrected chi connectivity index (χ1v) is 10.5. The Kier molecular flexibility index (Phi) is 6.60. The molecule has 154 valence electrons. The average Bonchev–Trinajstić information content (AvgIpc) is 3.18. The highest BCUT2D eigenvalue weighted by Gasteiger charge is 2.37. The van der Waals surface area contributed by atoms with E-state index >= 15 is 0 Å². The molecular weight excluding hydrogens is 354 g/mol. The van der Waals surface area contributed by atoms with Crippen LogP contribution in [0, 0.1) is 0 Å². The fraction of sp³-hybridized carbons (Fsp3) is 0.636. The molecule has 2 aliphatic rings. The summed E-state index contributed by atoms with van der Waals surface area (Å²) in [6.45, 7) is 8.04. The third kappa shape index (κ3) is 4.85. The zero-order valence-electron chi connectivity index (χ0n) is 17.3. The van der Waals surface area contributed by atoms with Gasteiger partial charge >= 0.3 is 0 Å². The maximum atomic E-state index is 12.8. The minimum atomic E-state index is -0.523. The van der Waals surface area contributed by atoms with Crippen molar-refractivity contribution in [3.8, 4) is 5.75 Å². The molecule has 28 heavy (non-hydrogen) atoms. The summed E-state index contributed by atoms with van der Waals surface area (Å²) in [4.78, 5) is 27.6. The molecule has 1 saturated carbocycles. The van der Waals surface area contributed by atoms with Gasteiger partial charge in [-0.15, -0.1) is 0 Å². The van der Waals surface area contributed by atoms with Gasteiger partial charge in [0.25, 0.3) is 0 Å². The number of carbonyl (C=O) groups is 2. The lowest BCUT2D eigenvalue weighted by atomic mass is 9.93. The van der Waals surface area contributed by atoms with Crippen molar-refractivity contribution in [3.05, 3.63) is 29.8 Å². The molecule has 0 aromatic heterocycles. The van der Waals surface area contributed by atoms with E-state index in [1.54, 1.807) is 0 Å². The summed E-state index contributed by atoms with van der Waals surface area (Å²) in [5.74, 6) is 0.704. The Bertz CT molecular complexity index is 681. The van der Waals surface area contributed by atoms with Crippen molar-refractivity contribution in [1.29, 1.82) is 0 Å². The van der Waals surface area contributed by atoms with E-state index in [0.717, 1.165) is 30.7 Å². The van der Waals surface area contributed by atoms with Gasteiger partial charge in [0, 0.05) is 19.1 Å². The Labute approximate surface area is 168 Å². The predicted molar refractivity (Wildman–Crippen MR) is 109 cm³/mol. The van der Waals surface area contributed by atoms with Crippen molar-refractivity contribution in [3.63, 3.8) is 0 Å². The maximum absolute atomic E-state index is 12.8. The van der Waals surface area contributed by atoms with Crippen molar-refractivity contribution in [2.45, 2.75) is 70.5 Å². The molecule has 6 nitrogen and oxygen atoms in total. The van der Waals surface area contributed by atoms with Gasteiger partial charge in [-0.1, -0.05) is 25.0 Å². The van der Waals surface area contributed by atoms with Gasteiger partial charge < -0.3 is 15.4 Å². The molecule has 1 heterocycles. The Morgan fingerprint density at radius 3 is 2.57 bits per heavy atom. The second-order valence-electron chi connectivity index (χ2n) is 8.32. The third-order valence-electron chi connectivity index (χ3n) is 5.88. The first-order valence-electron chi connectivity index (χ1n) is 10.5. The zero-order valence-corrected chi connectivity index (χ0v) is 17.3. The van der Waals surface area contributed by atoms with E-state index in [-0.39, 0.29) is 24.3 Å². The largest absolute Gasteiger partial charge is 0.494 e. The van der Waals surface area contributed by atoms with Crippen LogP contribution in [0.5, 0.6) is 5.75 Å². The number of nitrogens with one attached hydrogen (secondary N) is 2. The van der Waals surface area contributed by atoms with Gasteiger partial charge in [0.05, 0.1) is 24.6 Å². The molecule has 1 unspecified atom stereocenters. The lowest BCUT2D eigenvalue weighted by molar-refractivity contribution is -0.135. The molecule has 2 N–H and O–H groups in total. The Balaban J connectivity index is 1.64. The first kappa shape index (κ1) is 20.6. The molecule has 2 amide bonds. The number of benzene rings is 1. The minimum absolute atomic E-state index is 0.0211. The molecule has 2 fully saturated rings. The van der Waals surface area contributed by atoms with Crippen LogP contribution in [0.25, 0.3) is 0 Å². The molecule has 3 rings (SSSR count). The zero-order chi connectivity index (χ0) is 20.1. The van der Waals surface area contributed by atoms with E-state index in [1.807, 2.05) is 45.0 Å². The van der Waals surface area contributed by atoms with Crippen LogP contribution in [-0.2, 0) is 15.1 Å². The summed E-state index contributed by atoms with van der Waals surface area (Å²) in [7, 11) is 0. The van der Waals surface area contributed by atoms with Gasteiger partial charge in [-0.25, -0.2) is 0 Å². The Morgan fingerprint density at radius 2 is 1.93 bits per heavy atom. The number of piperazine rings is 1. The number of rotatable bonds is 7. The van der Waals surface area contributed by atoms with Crippen molar-refractivity contribution < 1.29 is 14.3 Å². The molecule has 1 saturated heterocycles. The fourth-order valence-electron chi connectivity index (χ4n) is 4.40. The lowest BCUT2D eigenvalue weighted by Gasteiger charge is -2.39. The summed E-state index contributed by atoms with van der Waals surface area (Å²) in [6.07, 6.45) is 4.88. The summed E-state index contributed by atoms with van der Waals surface area (Å²) in [6, 6.07) is 7.86. The Hall–Kier alpha value is -2.08. The number of carbonyl (C=O) groups excluding carboxylic acids is 2. The van der Waals surface area contributed by atoms with E-state index in [0.29, 0.717) is 19.2 Å². The van der Waals surface area contributed by atoms with Gasteiger partial charge in [-0.3, -0.25) is 14.5 Å². The van der Waals surface area contributed by atoms with Crippen LogP contribution in [0.1, 0.15) is 58.4 Å². The summed E-state index contributed by atoms with van der Waals surface area (Å²) in [5, 5.41) is 6.05. The van der Waals surface area contributed by atoms with Crippen LogP contribution in [-0.4, -0.2) is 48.5 Å². The van der Waals surface area contributed by atoms with Crippen molar-refractivity contribution in [1.82, 2.24) is 15.5 Å². The van der Waals surface area contributed by atoms with Gasteiger partial charge in [0.15, 0.2) is 0 Å². The van der Waals surface area contributed by atoms with Crippen molar-refractivity contribution >= 4 is 11.8 Å². The topological polar surface area (TPSA) is 70.7 Å². The van der Waals surface area contributed by atoms with Crippen LogP contribution >= 0.6 is 0 Å². The maximum Gasteiger partial charge on any atom is 0.237 e. The lowest BCUT2D eigenvalue weighted by Crippen LogP contribution is -2.59. The van der Waals surface area contributed by atoms with Gasteiger partial charge in [0.2, 0.25) is 11.8 Å². The summed E-state index contributed by atoms with van der Waals surface area (Å²) in [5.41, 5.74) is 0.482. The molecule has 0 spiro atoms. The number of amides is 2. The van der Waals surface area contributed by atoms with E-state index in [4.69, 9.17) is 4.74 Å². The fourth-order valence-corrected chi connectivity index (χ4v) is 4.40. The SMILES string of the molecule is CCOc1ccc(C(C)(C)NC(=O)CC2C(=O)NCCN2C2CCCC2)cc1. The summed E-state index contributed by atoms with van der Waals surface area (Å²) < 4.78 is 5.49. The highest BCUT2D eigenvalue weighted by Crippen LogP contribution is 2.28. The average molecular weight is 388 g/mol. The van der Waals surface area contributed by atoms with Crippen LogP contribution in [0.15, 0.2) is 24.3 Å². The van der Waals surface area contributed by atoms with E-state index in [2.05, 4.69) is 15.5 Å². The highest BCUT2D eigenvalue weighted by molar-refractivity contribution is 5.89. The number of nitrogens with zero attached hydrogens (tertiary/aromatic N) is 1. The van der Waals surface area contributed by atoms with Crippen molar-refractivity contribution in [2.75, 3.05) is 19.7 Å². The number of ether oxygens (including phenoxy) is 1. The van der Waals surface area contributed by atoms with Crippen LogP contribution in [0.2, 0.25) is 0 Å². The first-order chi connectivity index (χ1) is 13.4. The second-order valence-corrected chi connectivity index (χ2v) is 8.32. The quantitative estimate of drug-likeness (QED) is 0.754. The van der Waals surface area contributed by atoms with Crippen LogP contribution < -0.4 is 15.4 Å². The minimum Gasteiger partial charge on any atom is -0.494 e. The van der Waals surface area contributed by atoms with E-state index in [9.17, 15) is 9.59 Å². The van der Waals surface area contributed by atoms with Gasteiger partial charge in [-0.05, 0) is 51.3 Å². The van der Waals surface area contributed by atoms with E-state index in [1.165, 1.54) is 12.8 Å². The van der Waals surface area contributed by atoms with Gasteiger partial charge in [-0.2, -0.15) is 0 Å². The second kappa shape index (κ2) is 8.95. The summed E-state index contributed by atoms with van der Waals surface area (Å²) >= 11 is 0. The molecule has 1 aromatic rings. The van der Waals surface area contributed by atoms with E-state index < -0.39 is 5.54 Å². The Morgan fingerprint density at radius 1 is 1.25 bits per heavy atom. The van der Waals surface area contributed by atoms with Gasteiger partial charge in [0.1, 0.15) is 5.75 Å². The molecule has 0 radical (unpaired) electrons. The monoisotopic (exact) mass is 387 g/mol. The highest BCUT2D eigenvalue weighted by atomic mass is 16.5. The molecule has 1 aromatic carbocycles. The smallest absolute Gasteiger partial charge is 0.237 e. The standard InChI is InChI=1S/C22H33N3O3/c1-4-28-18-11-9-16(10-12-18)22(2,3)24-20(26)15-19-21(27)23-13-14-25(19)17-7-5-6-8-17/h9-12,17,19H,4-8,13-15H2,1-3H3,(H,23,27)(H,24,26). The molecule has 0 bridgehead atoms. The number of hydrogen-bond acceptors (Lipinski definition) is 4. The van der Waals surface area contributed by atoms with Crippen molar-refractivity contribution in [2.24, 2.45) is 0 Å². The molecule has 1 atom stereocenters. The number of hydrogen-bond donors (Lipinski definition) is 2. The molecular formula is C22H33N3O3.